The molecule has 0 radical (unpaired) electrons. The molecule has 1 atom stereocenters. The number of ether oxygens (including phenoxy) is 2. The molecule has 5 nitrogen and oxygen atoms in total. The van der Waals surface area contributed by atoms with Gasteiger partial charge in [0.25, 0.3) is 0 Å². The molecule has 0 saturated heterocycles. The topological polar surface area (TPSA) is 56.0 Å². The predicted octanol–water partition coefficient (Wildman–Crippen LogP) is 4.26. The highest BCUT2D eigenvalue weighted by Gasteiger charge is 2.22. The molecule has 27 heavy (non-hydrogen) atoms. The smallest absolute Gasteiger partial charge is 0.142 e. The quantitative estimate of drug-likeness (QED) is 0.799. The fourth-order valence-electron chi connectivity index (χ4n) is 2.94. The molecule has 0 saturated carbocycles. The number of aliphatic hydroxyl groups is 1. The number of hydrogen-bond acceptors (Lipinski definition) is 4. The van der Waals surface area contributed by atoms with Gasteiger partial charge in [-0.05, 0) is 55.0 Å². The normalized spacial score (nSPS) is 17.0. The van der Waals surface area contributed by atoms with Gasteiger partial charge in [-0.1, -0.05) is 12.2 Å². The number of aromatic nitrogens is 1. The number of benzene rings is 1. The first kappa shape index (κ1) is 18.7. The van der Waals surface area contributed by atoms with Gasteiger partial charge < -0.3 is 19.1 Å². The van der Waals surface area contributed by atoms with Crippen molar-refractivity contribution in [2.24, 2.45) is 4.99 Å². The Morgan fingerprint density at radius 2 is 1.93 bits per heavy atom. The van der Waals surface area contributed by atoms with Crippen LogP contribution in [0.15, 0.2) is 65.4 Å². The van der Waals surface area contributed by atoms with Gasteiger partial charge in [-0.15, -0.1) is 0 Å². The van der Waals surface area contributed by atoms with E-state index in [0.717, 1.165) is 28.5 Å². The van der Waals surface area contributed by atoms with Crippen LogP contribution >= 0.6 is 0 Å². The van der Waals surface area contributed by atoms with Crippen molar-refractivity contribution in [2.45, 2.75) is 19.1 Å². The van der Waals surface area contributed by atoms with Crippen LogP contribution in [0.5, 0.6) is 11.5 Å². The zero-order chi connectivity index (χ0) is 19.3. The minimum absolute atomic E-state index is 0.441. The number of aliphatic imine (C=N–C) groups is 1. The largest absolute Gasteiger partial charge is 0.497 e. The van der Waals surface area contributed by atoms with E-state index in [4.69, 9.17) is 9.47 Å². The first-order valence-corrected chi connectivity index (χ1v) is 8.74. The fraction of sp³-hybridized carbons (Fsp3) is 0.227. The summed E-state index contributed by atoms with van der Waals surface area (Å²) in [7, 11) is 3.25. The Morgan fingerprint density at radius 1 is 1.19 bits per heavy atom. The third kappa shape index (κ3) is 4.57. The average molecular weight is 364 g/mol. The van der Waals surface area contributed by atoms with Crippen molar-refractivity contribution in [3.05, 3.63) is 71.7 Å². The first-order valence-electron chi connectivity index (χ1n) is 8.74. The highest BCUT2D eigenvalue weighted by molar-refractivity contribution is 5.79. The maximum absolute atomic E-state index is 11.0. The Hall–Kier alpha value is -3.05. The number of hydrogen-bond donors (Lipinski definition) is 1. The molecule has 1 N–H and O–H groups in total. The second kappa shape index (κ2) is 8.10. The van der Waals surface area contributed by atoms with Gasteiger partial charge in [-0.2, -0.15) is 0 Å². The highest BCUT2D eigenvalue weighted by Crippen LogP contribution is 2.26. The lowest BCUT2D eigenvalue weighted by molar-refractivity contribution is -0.0152. The van der Waals surface area contributed by atoms with E-state index < -0.39 is 5.72 Å². The van der Waals surface area contributed by atoms with Gasteiger partial charge in [0.05, 0.1) is 19.9 Å². The summed E-state index contributed by atoms with van der Waals surface area (Å²) in [6.07, 6.45) is 13.7. The van der Waals surface area contributed by atoms with Crippen molar-refractivity contribution in [3.8, 4) is 11.5 Å². The van der Waals surface area contributed by atoms with Crippen LogP contribution in [-0.4, -0.2) is 30.1 Å². The highest BCUT2D eigenvalue weighted by atomic mass is 16.5. The van der Waals surface area contributed by atoms with Crippen LogP contribution in [0.3, 0.4) is 0 Å². The van der Waals surface area contributed by atoms with Crippen LogP contribution < -0.4 is 9.47 Å². The Labute approximate surface area is 159 Å². The van der Waals surface area contributed by atoms with E-state index in [2.05, 4.69) is 4.99 Å². The molecule has 3 rings (SSSR count). The van der Waals surface area contributed by atoms with Crippen LogP contribution in [0, 0.1) is 0 Å². The molecule has 2 aromatic rings. The molecular formula is C22H24N2O3. The average Bonchev–Trinajstić information content (AvgIpc) is 3.34. The molecule has 2 heterocycles. The number of methoxy groups -OCH3 is 2. The van der Waals surface area contributed by atoms with Crippen LogP contribution in [0.2, 0.25) is 0 Å². The van der Waals surface area contributed by atoms with Crippen molar-refractivity contribution in [3.63, 3.8) is 0 Å². The van der Waals surface area contributed by atoms with E-state index in [0.29, 0.717) is 6.42 Å². The Balaban J connectivity index is 1.77. The van der Waals surface area contributed by atoms with Crippen LogP contribution in [0.1, 0.15) is 24.6 Å². The van der Waals surface area contributed by atoms with E-state index in [-0.39, 0.29) is 0 Å². The van der Waals surface area contributed by atoms with Gasteiger partial charge in [0.2, 0.25) is 0 Å². The number of rotatable bonds is 7. The second-order valence-corrected chi connectivity index (χ2v) is 6.48. The van der Waals surface area contributed by atoms with E-state index in [1.165, 1.54) is 0 Å². The maximum atomic E-state index is 11.0. The van der Waals surface area contributed by atoms with Gasteiger partial charge >= 0.3 is 0 Å². The SMILES string of the molecule is COc1cc(/C=C/CC(C)(O)n2cccc2/C=C2\C=CC=N2)cc(OC)c1. The zero-order valence-electron chi connectivity index (χ0n) is 15.8. The molecule has 0 bridgehead atoms. The molecule has 0 amide bonds. The third-order valence-corrected chi connectivity index (χ3v) is 4.36. The lowest BCUT2D eigenvalue weighted by Crippen LogP contribution is -2.29. The van der Waals surface area contributed by atoms with E-state index in [1.807, 2.05) is 71.5 Å². The fourth-order valence-corrected chi connectivity index (χ4v) is 2.94. The molecule has 0 aliphatic carbocycles. The van der Waals surface area contributed by atoms with Gasteiger partial charge in [-0.3, -0.25) is 4.99 Å². The van der Waals surface area contributed by atoms with Crippen LogP contribution in [0.4, 0.5) is 0 Å². The predicted molar refractivity (Wildman–Crippen MR) is 109 cm³/mol. The Bertz CT molecular complexity index is 881. The summed E-state index contributed by atoms with van der Waals surface area (Å²) in [4.78, 5) is 4.26. The molecule has 1 aromatic heterocycles. The molecule has 140 valence electrons. The molecular weight excluding hydrogens is 340 g/mol. The van der Waals surface area contributed by atoms with Gasteiger partial charge in [0.15, 0.2) is 0 Å². The summed E-state index contributed by atoms with van der Waals surface area (Å²) in [5.41, 5.74) is 1.64. The minimum Gasteiger partial charge on any atom is -0.497 e. The summed E-state index contributed by atoms with van der Waals surface area (Å²) >= 11 is 0. The number of nitrogens with zero attached hydrogens (tertiary/aromatic N) is 2. The van der Waals surface area contributed by atoms with E-state index in [1.54, 1.807) is 27.4 Å². The van der Waals surface area contributed by atoms with Gasteiger partial charge in [-0.25, -0.2) is 0 Å². The van der Waals surface area contributed by atoms with Gasteiger partial charge in [0, 0.05) is 30.6 Å². The van der Waals surface area contributed by atoms with Crippen LogP contribution in [0.25, 0.3) is 12.2 Å². The standard InChI is InChI=1S/C22H24N2O3/c1-22(25,24-12-6-9-19(24)15-18-8-5-11-23-18)10-4-7-17-13-20(26-2)16-21(14-17)27-3/h4-9,11-16,25H,10H2,1-3H3/b7-4+,18-15+. The summed E-state index contributed by atoms with van der Waals surface area (Å²) in [6, 6.07) is 9.54. The first-order chi connectivity index (χ1) is 13.0. The third-order valence-electron chi connectivity index (χ3n) is 4.36. The molecule has 1 unspecified atom stereocenters. The van der Waals surface area contributed by atoms with E-state index >= 15 is 0 Å². The van der Waals surface area contributed by atoms with Crippen molar-refractivity contribution < 1.29 is 14.6 Å². The summed E-state index contributed by atoms with van der Waals surface area (Å²) in [5.74, 6) is 1.45. The molecule has 0 spiro atoms. The minimum atomic E-state index is -1.07. The molecule has 1 aromatic carbocycles. The summed E-state index contributed by atoms with van der Waals surface area (Å²) < 4.78 is 12.4. The summed E-state index contributed by atoms with van der Waals surface area (Å²) in [6.45, 7) is 1.79. The molecule has 0 fully saturated rings. The molecule has 1 aliphatic heterocycles. The molecule has 1 aliphatic rings. The monoisotopic (exact) mass is 364 g/mol. The lowest BCUT2D eigenvalue weighted by atomic mass is 10.1. The summed E-state index contributed by atoms with van der Waals surface area (Å²) in [5, 5.41) is 11.0. The maximum Gasteiger partial charge on any atom is 0.142 e. The van der Waals surface area contributed by atoms with Crippen molar-refractivity contribution in [2.75, 3.05) is 14.2 Å². The zero-order valence-corrected chi connectivity index (χ0v) is 15.8. The van der Waals surface area contributed by atoms with Crippen molar-refractivity contribution in [1.29, 1.82) is 0 Å². The Kier molecular flexibility index (Phi) is 5.62. The van der Waals surface area contributed by atoms with Crippen LogP contribution in [-0.2, 0) is 5.72 Å². The lowest BCUT2D eigenvalue weighted by Gasteiger charge is -2.26. The van der Waals surface area contributed by atoms with Gasteiger partial charge in [0.1, 0.15) is 17.2 Å². The van der Waals surface area contributed by atoms with Crippen molar-refractivity contribution in [1.82, 2.24) is 4.57 Å². The van der Waals surface area contributed by atoms with Crippen molar-refractivity contribution >= 4 is 18.4 Å². The molecule has 5 heteroatoms. The van der Waals surface area contributed by atoms with E-state index in [9.17, 15) is 5.11 Å². The number of allylic oxidation sites excluding steroid dienone is 2. The Morgan fingerprint density at radius 3 is 2.56 bits per heavy atom. The second-order valence-electron chi connectivity index (χ2n) is 6.48.